The van der Waals surface area contributed by atoms with Crippen LogP contribution in [0.15, 0.2) is 18.2 Å². The van der Waals surface area contributed by atoms with Gasteiger partial charge in [0.05, 0.1) is 5.56 Å². The molecule has 1 aromatic carbocycles. The van der Waals surface area contributed by atoms with Crippen LogP contribution in [0.4, 0.5) is 0 Å². The number of rotatable bonds is 2. The topological polar surface area (TPSA) is 40.5 Å². The molecule has 2 rings (SSSR count). The molecule has 0 aliphatic carbocycles. The first-order valence-corrected chi connectivity index (χ1v) is 6.21. The molecule has 1 aromatic rings. The summed E-state index contributed by atoms with van der Waals surface area (Å²) in [5, 5.41) is 9.90. The highest BCUT2D eigenvalue weighted by Crippen LogP contribution is 2.26. The Morgan fingerprint density at radius 1 is 1.53 bits per heavy atom. The van der Waals surface area contributed by atoms with Crippen molar-refractivity contribution in [3.63, 3.8) is 0 Å². The van der Waals surface area contributed by atoms with Gasteiger partial charge in [-0.15, -0.1) is 0 Å². The monoisotopic (exact) mass is 233 g/mol. The van der Waals surface area contributed by atoms with E-state index in [0.29, 0.717) is 11.5 Å². The van der Waals surface area contributed by atoms with Crippen LogP contribution in [0.2, 0.25) is 0 Å². The maximum Gasteiger partial charge on any atom is 0.257 e. The van der Waals surface area contributed by atoms with Gasteiger partial charge in [0, 0.05) is 13.1 Å². The van der Waals surface area contributed by atoms with Gasteiger partial charge in [0.2, 0.25) is 0 Å². The number of carbonyl (C=O) groups excluding carboxylic acids is 1. The summed E-state index contributed by atoms with van der Waals surface area (Å²) < 4.78 is 0. The number of likely N-dealkylation sites (tertiary alicyclic amines) is 1. The Morgan fingerprint density at radius 3 is 2.94 bits per heavy atom. The molecule has 92 valence electrons. The zero-order valence-corrected chi connectivity index (χ0v) is 10.4. The second-order valence-electron chi connectivity index (χ2n) is 4.79. The van der Waals surface area contributed by atoms with Crippen LogP contribution in [-0.4, -0.2) is 29.0 Å². The third kappa shape index (κ3) is 2.28. The van der Waals surface area contributed by atoms with Crippen molar-refractivity contribution in [3.8, 4) is 5.75 Å². The number of hydrogen-bond donors (Lipinski definition) is 1. The molecule has 1 saturated heterocycles. The molecule has 0 saturated carbocycles. The lowest BCUT2D eigenvalue weighted by molar-refractivity contribution is 0.0783. The summed E-state index contributed by atoms with van der Waals surface area (Å²) >= 11 is 0. The number of nitrogens with zero attached hydrogens (tertiary/aromatic N) is 1. The number of phenolic OH excluding ortho intramolecular Hbond substituents is 1. The summed E-state index contributed by atoms with van der Waals surface area (Å²) in [6.07, 6.45) is 2.19. The van der Waals surface area contributed by atoms with E-state index in [1.807, 2.05) is 24.0 Å². The number of aryl methyl sites for hydroxylation is 1. The molecule has 1 atom stereocenters. The summed E-state index contributed by atoms with van der Waals surface area (Å²) in [4.78, 5) is 14.1. The van der Waals surface area contributed by atoms with Gasteiger partial charge < -0.3 is 10.0 Å². The quantitative estimate of drug-likeness (QED) is 0.853. The lowest BCUT2D eigenvalue weighted by Gasteiger charge is -2.17. The van der Waals surface area contributed by atoms with E-state index < -0.39 is 0 Å². The predicted octanol–water partition coefficient (Wildman–Crippen LogP) is 2.57. The molecule has 0 aromatic heterocycles. The SMILES string of the molecule is CCC1CCN(C(=O)c2cccc(C)c2O)C1. The lowest BCUT2D eigenvalue weighted by atomic mass is 10.1. The van der Waals surface area contributed by atoms with Crippen molar-refractivity contribution in [1.29, 1.82) is 0 Å². The van der Waals surface area contributed by atoms with Crippen molar-refractivity contribution in [2.24, 2.45) is 5.92 Å². The normalized spacial score (nSPS) is 19.6. The van der Waals surface area contributed by atoms with Crippen LogP contribution in [0, 0.1) is 12.8 Å². The van der Waals surface area contributed by atoms with Crippen LogP contribution in [0.5, 0.6) is 5.75 Å². The zero-order chi connectivity index (χ0) is 12.4. The van der Waals surface area contributed by atoms with Crippen LogP contribution >= 0.6 is 0 Å². The van der Waals surface area contributed by atoms with Crippen molar-refractivity contribution < 1.29 is 9.90 Å². The predicted molar refractivity (Wildman–Crippen MR) is 67.1 cm³/mol. The molecule has 0 bridgehead atoms. The van der Waals surface area contributed by atoms with Crippen LogP contribution < -0.4 is 0 Å². The van der Waals surface area contributed by atoms with E-state index in [1.165, 1.54) is 0 Å². The smallest absolute Gasteiger partial charge is 0.257 e. The van der Waals surface area contributed by atoms with E-state index in [4.69, 9.17) is 0 Å². The van der Waals surface area contributed by atoms with Gasteiger partial charge in [0.1, 0.15) is 5.75 Å². The Balaban J connectivity index is 2.18. The molecule has 0 radical (unpaired) electrons. The number of phenols is 1. The van der Waals surface area contributed by atoms with E-state index in [2.05, 4.69) is 6.92 Å². The molecule has 0 spiro atoms. The van der Waals surface area contributed by atoms with E-state index in [1.54, 1.807) is 6.07 Å². The molecule has 17 heavy (non-hydrogen) atoms. The second kappa shape index (κ2) is 4.78. The Kier molecular flexibility index (Phi) is 3.36. The number of amides is 1. The van der Waals surface area contributed by atoms with Gasteiger partial charge in [0.15, 0.2) is 0 Å². The van der Waals surface area contributed by atoms with Crippen LogP contribution in [-0.2, 0) is 0 Å². The van der Waals surface area contributed by atoms with Gasteiger partial charge in [-0.25, -0.2) is 0 Å². The van der Waals surface area contributed by atoms with Crippen molar-refractivity contribution >= 4 is 5.91 Å². The number of benzene rings is 1. The number of carbonyl (C=O) groups is 1. The second-order valence-corrected chi connectivity index (χ2v) is 4.79. The van der Waals surface area contributed by atoms with Crippen LogP contribution in [0.1, 0.15) is 35.7 Å². The summed E-state index contributed by atoms with van der Waals surface area (Å²) in [6, 6.07) is 5.32. The summed E-state index contributed by atoms with van der Waals surface area (Å²) in [7, 11) is 0. The first-order chi connectivity index (χ1) is 8.13. The summed E-state index contributed by atoms with van der Waals surface area (Å²) in [5.74, 6) is 0.700. The first-order valence-electron chi connectivity index (χ1n) is 6.21. The maximum atomic E-state index is 12.2. The van der Waals surface area contributed by atoms with E-state index in [9.17, 15) is 9.90 Å². The lowest BCUT2D eigenvalue weighted by Crippen LogP contribution is -2.28. The molecule has 1 aliphatic heterocycles. The highest BCUT2D eigenvalue weighted by Gasteiger charge is 2.27. The fourth-order valence-corrected chi connectivity index (χ4v) is 2.35. The Morgan fingerprint density at radius 2 is 2.29 bits per heavy atom. The highest BCUT2D eigenvalue weighted by molar-refractivity contribution is 5.97. The number of aromatic hydroxyl groups is 1. The minimum Gasteiger partial charge on any atom is -0.507 e. The molecule has 3 nitrogen and oxygen atoms in total. The summed E-state index contributed by atoms with van der Waals surface area (Å²) in [6.45, 7) is 5.60. The third-order valence-corrected chi connectivity index (χ3v) is 3.62. The van der Waals surface area contributed by atoms with Crippen molar-refractivity contribution in [2.75, 3.05) is 13.1 Å². The first kappa shape index (κ1) is 12.0. The van der Waals surface area contributed by atoms with Crippen molar-refractivity contribution in [2.45, 2.75) is 26.7 Å². The Bertz CT molecular complexity index is 428. The zero-order valence-electron chi connectivity index (χ0n) is 10.4. The Hall–Kier alpha value is -1.51. The van der Waals surface area contributed by atoms with Crippen LogP contribution in [0.3, 0.4) is 0 Å². The summed E-state index contributed by atoms with van der Waals surface area (Å²) in [5.41, 5.74) is 1.18. The molecule has 1 N–H and O–H groups in total. The van der Waals surface area contributed by atoms with Crippen molar-refractivity contribution in [1.82, 2.24) is 4.90 Å². The molecule has 1 heterocycles. The number of hydrogen-bond acceptors (Lipinski definition) is 2. The molecular weight excluding hydrogens is 214 g/mol. The van der Waals surface area contributed by atoms with Crippen LogP contribution in [0.25, 0.3) is 0 Å². The van der Waals surface area contributed by atoms with Gasteiger partial charge in [-0.2, -0.15) is 0 Å². The molecule has 1 fully saturated rings. The molecule has 3 heteroatoms. The maximum absolute atomic E-state index is 12.2. The molecule has 1 aliphatic rings. The molecular formula is C14H19NO2. The minimum atomic E-state index is -0.0397. The third-order valence-electron chi connectivity index (χ3n) is 3.62. The Labute approximate surface area is 102 Å². The van der Waals surface area contributed by atoms with E-state index >= 15 is 0 Å². The van der Waals surface area contributed by atoms with Gasteiger partial charge in [-0.1, -0.05) is 25.5 Å². The van der Waals surface area contributed by atoms with E-state index in [0.717, 1.165) is 31.5 Å². The standard InChI is InChI=1S/C14H19NO2/c1-3-11-7-8-15(9-11)14(17)12-6-4-5-10(2)13(12)16/h4-6,11,16H,3,7-9H2,1-2H3. The average molecular weight is 233 g/mol. The van der Waals surface area contributed by atoms with Gasteiger partial charge in [-0.05, 0) is 30.9 Å². The number of para-hydroxylation sites is 1. The van der Waals surface area contributed by atoms with E-state index in [-0.39, 0.29) is 11.7 Å². The van der Waals surface area contributed by atoms with Gasteiger partial charge in [0.25, 0.3) is 5.91 Å². The minimum absolute atomic E-state index is 0.0397. The largest absolute Gasteiger partial charge is 0.507 e. The van der Waals surface area contributed by atoms with Gasteiger partial charge >= 0.3 is 0 Å². The fraction of sp³-hybridized carbons (Fsp3) is 0.500. The van der Waals surface area contributed by atoms with Gasteiger partial charge in [-0.3, -0.25) is 4.79 Å². The molecule has 1 amide bonds. The molecule has 1 unspecified atom stereocenters. The van der Waals surface area contributed by atoms with Crippen molar-refractivity contribution in [3.05, 3.63) is 29.3 Å². The fourth-order valence-electron chi connectivity index (χ4n) is 2.35. The average Bonchev–Trinajstić information content (AvgIpc) is 2.80. The highest BCUT2D eigenvalue weighted by atomic mass is 16.3.